The van der Waals surface area contributed by atoms with Crippen LogP contribution in [0.1, 0.15) is 15.9 Å². The lowest BCUT2D eigenvalue weighted by Gasteiger charge is -2.07. The fourth-order valence-electron chi connectivity index (χ4n) is 2.76. The number of aromatic nitrogens is 1. The van der Waals surface area contributed by atoms with Crippen molar-refractivity contribution in [3.05, 3.63) is 65.9 Å². The van der Waals surface area contributed by atoms with E-state index < -0.39 is 9.84 Å². The number of fused-ring (bicyclic) bond motifs is 1. The van der Waals surface area contributed by atoms with Gasteiger partial charge in [0.1, 0.15) is 0 Å². The number of carbonyl (C=O) groups excluding carboxylic acids is 1. The Bertz CT molecular complexity index is 1020. The van der Waals surface area contributed by atoms with Crippen LogP contribution in [0.2, 0.25) is 0 Å². The molecule has 5 nitrogen and oxygen atoms in total. The van der Waals surface area contributed by atoms with E-state index in [4.69, 9.17) is 0 Å². The number of benzene rings is 2. The maximum absolute atomic E-state index is 12.6. The van der Waals surface area contributed by atoms with Crippen LogP contribution in [-0.2, 0) is 22.6 Å². The third kappa shape index (κ3) is 3.49. The maximum atomic E-state index is 12.6. The van der Waals surface area contributed by atoms with E-state index in [0.29, 0.717) is 16.8 Å². The molecular formula is C18H18N2O3S. The lowest BCUT2D eigenvalue weighted by molar-refractivity contribution is 0.102. The Morgan fingerprint density at radius 2 is 1.88 bits per heavy atom. The average Bonchev–Trinajstić information content (AvgIpc) is 2.84. The highest BCUT2D eigenvalue weighted by molar-refractivity contribution is 7.89. The molecule has 0 saturated carbocycles. The maximum Gasteiger partial charge on any atom is 0.257 e. The number of sulfone groups is 1. The number of rotatable bonds is 4. The Balaban J connectivity index is 1.88. The van der Waals surface area contributed by atoms with Crippen LogP contribution in [0.4, 0.5) is 5.69 Å². The van der Waals surface area contributed by atoms with Gasteiger partial charge >= 0.3 is 0 Å². The molecule has 1 aromatic heterocycles. The molecule has 0 aliphatic heterocycles. The van der Waals surface area contributed by atoms with Crippen molar-refractivity contribution in [2.75, 3.05) is 11.6 Å². The Morgan fingerprint density at radius 3 is 2.62 bits per heavy atom. The summed E-state index contributed by atoms with van der Waals surface area (Å²) >= 11 is 0. The van der Waals surface area contributed by atoms with Crippen molar-refractivity contribution in [2.24, 2.45) is 7.05 Å². The van der Waals surface area contributed by atoms with Gasteiger partial charge in [0.15, 0.2) is 9.84 Å². The molecule has 0 aliphatic rings. The fraction of sp³-hybridized carbons (Fsp3) is 0.167. The Hall–Kier alpha value is -2.60. The van der Waals surface area contributed by atoms with Crippen molar-refractivity contribution in [1.29, 1.82) is 0 Å². The van der Waals surface area contributed by atoms with Crippen molar-refractivity contribution in [2.45, 2.75) is 5.75 Å². The monoisotopic (exact) mass is 342 g/mol. The average molecular weight is 342 g/mol. The van der Waals surface area contributed by atoms with Gasteiger partial charge < -0.3 is 9.88 Å². The first kappa shape index (κ1) is 16.3. The van der Waals surface area contributed by atoms with E-state index in [1.165, 1.54) is 6.26 Å². The molecule has 0 spiro atoms. The van der Waals surface area contributed by atoms with Crippen LogP contribution < -0.4 is 5.32 Å². The molecule has 3 aromatic rings. The molecule has 24 heavy (non-hydrogen) atoms. The number of aryl methyl sites for hydroxylation is 1. The van der Waals surface area contributed by atoms with E-state index in [2.05, 4.69) is 5.32 Å². The lowest BCUT2D eigenvalue weighted by atomic mass is 10.1. The summed E-state index contributed by atoms with van der Waals surface area (Å²) in [5.74, 6) is -0.270. The summed E-state index contributed by atoms with van der Waals surface area (Å²) in [5, 5.41) is 3.72. The quantitative estimate of drug-likeness (QED) is 0.792. The largest absolute Gasteiger partial charge is 0.350 e. The summed E-state index contributed by atoms with van der Waals surface area (Å²) in [6.45, 7) is 0. The number of hydrogen-bond donors (Lipinski definition) is 1. The molecule has 0 bridgehead atoms. The van der Waals surface area contributed by atoms with Crippen molar-refractivity contribution in [1.82, 2.24) is 4.57 Å². The first-order valence-electron chi connectivity index (χ1n) is 7.45. The summed E-state index contributed by atoms with van der Waals surface area (Å²) in [5.41, 5.74) is 2.79. The van der Waals surface area contributed by atoms with Crippen LogP contribution in [-0.4, -0.2) is 25.1 Å². The van der Waals surface area contributed by atoms with E-state index in [-0.39, 0.29) is 11.7 Å². The van der Waals surface area contributed by atoms with Crippen LogP contribution in [0.15, 0.2) is 54.7 Å². The fourth-order valence-corrected chi connectivity index (χ4v) is 3.55. The number of para-hydroxylation sites is 1. The van der Waals surface area contributed by atoms with Crippen LogP contribution >= 0.6 is 0 Å². The first-order chi connectivity index (χ1) is 11.3. The van der Waals surface area contributed by atoms with Crippen LogP contribution in [0.5, 0.6) is 0 Å². The summed E-state index contributed by atoms with van der Waals surface area (Å²) in [6, 6.07) is 14.6. The molecule has 3 rings (SSSR count). The molecule has 1 heterocycles. The van der Waals surface area contributed by atoms with Crippen LogP contribution in [0, 0.1) is 0 Å². The smallest absolute Gasteiger partial charge is 0.257 e. The topological polar surface area (TPSA) is 68.2 Å². The summed E-state index contributed by atoms with van der Waals surface area (Å²) in [7, 11) is -1.22. The van der Waals surface area contributed by atoms with Gasteiger partial charge in [0.05, 0.1) is 11.3 Å². The van der Waals surface area contributed by atoms with Gasteiger partial charge in [-0.2, -0.15) is 0 Å². The van der Waals surface area contributed by atoms with E-state index >= 15 is 0 Å². The molecule has 0 atom stereocenters. The number of nitrogens with zero attached hydrogens (tertiary/aromatic N) is 1. The third-order valence-corrected chi connectivity index (χ3v) is 4.61. The Labute approximate surface area is 140 Å². The number of anilines is 1. The molecule has 124 valence electrons. The van der Waals surface area contributed by atoms with E-state index in [0.717, 1.165) is 10.9 Å². The van der Waals surface area contributed by atoms with Crippen LogP contribution in [0.3, 0.4) is 0 Å². The van der Waals surface area contributed by atoms with Gasteiger partial charge in [-0.25, -0.2) is 8.42 Å². The normalized spacial score (nSPS) is 11.6. The molecule has 0 unspecified atom stereocenters. The first-order valence-corrected chi connectivity index (χ1v) is 9.51. The van der Waals surface area contributed by atoms with Gasteiger partial charge in [-0.05, 0) is 23.8 Å². The molecule has 0 saturated heterocycles. The zero-order chi connectivity index (χ0) is 17.3. The summed E-state index contributed by atoms with van der Waals surface area (Å²) < 4.78 is 24.7. The molecule has 0 fully saturated rings. The van der Waals surface area contributed by atoms with Gasteiger partial charge in [0.25, 0.3) is 5.91 Å². The van der Waals surface area contributed by atoms with Gasteiger partial charge in [-0.3, -0.25) is 4.79 Å². The minimum absolute atomic E-state index is 0.0506. The number of hydrogen-bond acceptors (Lipinski definition) is 3. The zero-order valence-corrected chi connectivity index (χ0v) is 14.3. The van der Waals surface area contributed by atoms with Gasteiger partial charge in [0.2, 0.25) is 0 Å². The molecule has 2 aromatic carbocycles. The molecule has 0 aliphatic carbocycles. The zero-order valence-electron chi connectivity index (χ0n) is 13.5. The van der Waals surface area contributed by atoms with Crippen molar-refractivity contribution in [3.63, 3.8) is 0 Å². The standard InChI is InChI=1S/C18H18N2O3S/c1-20-11-16(15-8-3-4-9-17(15)20)18(21)19-14-7-5-6-13(10-14)12-24(2,22)23/h3-11H,12H2,1-2H3,(H,19,21). The second-order valence-electron chi connectivity index (χ2n) is 5.90. The molecular weight excluding hydrogens is 324 g/mol. The highest BCUT2D eigenvalue weighted by Gasteiger charge is 2.14. The van der Waals surface area contributed by atoms with E-state index in [1.807, 2.05) is 35.9 Å². The van der Waals surface area contributed by atoms with E-state index in [9.17, 15) is 13.2 Å². The van der Waals surface area contributed by atoms with Gasteiger partial charge in [-0.1, -0.05) is 30.3 Å². The summed E-state index contributed by atoms with van der Waals surface area (Å²) in [6.07, 6.45) is 2.98. The highest BCUT2D eigenvalue weighted by atomic mass is 32.2. The number of amides is 1. The van der Waals surface area contributed by atoms with Crippen molar-refractivity contribution in [3.8, 4) is 0 Å². The predicted octanol–water partition coefficient (Wildman–Crippen LogP) is 2.98. The highest BCUT2D eigenvalue weighted by Crippen LogP contribution is 2.22. The van der Waals surface area contributed by atoms with E-state index in [1.54, 1.807) is 30.5 Å². The second-order valence-corrected chi connectivity index (χ2v) is 8.04. The van der Waals surface area contributed by atoms with Gasteiger partial charge in [0, 0.05) is 36.1 Å². The SMILES string of the molecule is Cn1cc(C(=O)Nc2cccc(CS(C)(=O)=O)c2)c2ccccc21. The molecule has 6 heteroatoms. The predicted molar refractivity (Wildman–Crippen MR) is 95.9 cm³/mol. The third-order valence-electron chi connectivity index (χ3n) is 3.76. The lowest BCUT2D eigenvalue weighted by Crippen LogP contribution is -2.12. The van der Waals surface area contributed by atoms with Crippen LogP contribution in [0.25, 0.3) is 10.9 Å². The Kier molecular flexibility index (Phi) is 4.15. The summed E-state index contributed by atoms with van der Waals surface area (Å²) in [4.78, 5) is 12.6. The van der Waals surface area contributed by atoms with Crippen molar-refractivity contribution < 1.29 is 13.2 Å². The second kappa shape index (κ2) is 6.13. The molecule has 0 radical (unpaired) electrons. The Morgan fingerprint density at radius 1 is 1.12 bits per heavy atom. The minimum atomic E-state index is -3.12. The van der Waals surface area contributed by atoms with Crippen molar-refractivity contribution >= 4 is 32.3 Å². The van der Waals surface area contributed by atoms with Gasteiger partial charge in [-0.15, -0.1) is 0 Å². The minimum Gasteiger partial charge on any atom is -0.350 e. The number of nitrogens with one attached hydrogen (secondary N) is 1. The number of carbonyl (C=O) groups is 1. The molecule has 1 N–H and O–H groups in total. The molecule has 1 amide bonds.